The number of nitrogens with zero attached hydrogens (tertiary/aromatic N) is 2. The lowest BCUT2D eigenvalue weighted by Gasteiger charge is -2.23. The summed E-state index contributed by atoms with van der Waals surface area (Å²) in [5, 5.41) is 11.6. The van der Waals surface area contributed by atoms with Gasteiger partial charge in [0, 0.05) is 12.4 Å². The molecule has 0 unspecified atom stereocenters. The van der Waals surface area contributed by atoms with Gasteiger partial charge >= 0.3 is 5.97 Å². The van der Waals surface area contributed by atoms with Crippen LogP contribution in [0.2, 0.25) is 0 Å². The van der Waals surface area contributed by atoms with Crippen LogP contribution >= 0.6 is 0 Å². The lowest BCUT2D eigenvalue weighted by molar-refractivity contribution is -0.146. The first kappa shape index (κ1) is 12.2. The Bertz CT molecular complexity index is 473. The number of hydrogen-bond donors (Lipinski definition) is 2. The number of aromatic nitrogens is 2. The van der Waals surface area contributed by atoms with Crippen molar-refractivity contribution >= 4 is 17.8 Å². The number of allylic oxidation sites excluding steroid dienone is 2. The van der Waals surface area contributed by atoms with E-state index in [9.17, 15) is 9.59 Å². The van der Waals surface area contributed by atoms with Crippen LogP contribution in [0.15, 0.2) is 30.6 Å². The van der Waals surface area contributed by atoms with Crippen LogP contribution in [0.5, 0.6) is 0 Å². The summed E-state index contributed by atoms with van der Waals surface area (Å²) in [6, 6.07) is 1.64. The van der Waals surface area contributed by atoms with Crippen molar-refractivity contribution in [3.8, 4) is 0 Å². The lowest BCUT2D eigenvalue weighted by atomic mass is 9.82. The van der Waals surface area contributed by atoms with Crippen LogP contribution in [-0.2, 0) is 9.59 Å². The van der Waals surface area contributed by atoms with Gasteiger partial charge in [0.15, 0.2) is 0 Å². The van der Waals surface area contributed by atoms with Crippen LogP contribution in [0.3, 0.4) is 0 Å². The first-order valence-corrected chi connectivity index (χ1v) is 5.64. The summed E-state index contributed by atoms with van der Waals surface area (Å²) < 4.78 is 0. The molecule has 1 aliphatic carbocycles. The maximum absolute atomic E-state index is 12.0. The van der Waals surface area contributed by atoms with Gasteiger partial charge in [0.25, 0.3) is 0 Å². The van der Waals surface area contributed by atoms with Gasteiger partial charge in [-0.05, 0) is 18.9 Å². The predicted octanol–water partition coefficient (Wildman–Crippen LogP) is 1.08. The third kappa shape index (κ3) is 2.71. The lowest BCUT2D eigenvalue weighted by Crippen LogP contribution is -2.35. The Morgan fingerprint density at radius 3 is 2.39 bits per heavy atom. The molecule has 94 valence electrons. The predicted molar refractivity (Wildman–Crippen MR) is 63.7 cm³/mol. The SMILES string of the molecule is O=C(O)[C@H]1CC=CC[C@H]1C(=O)Nc1ncccn1. The quantitative estimate of drug-likeness (QED) is 0.780. The molecule has 1 aromatic rings. The number of carboxylic acids is 1. The molecule has 1 aromatic heterocycles. The molecule has 0 fully saturated rings. The highest BCUT2D eigenvalue weighted by atomic mass is 16.4. The Morgan fingerprint density at radius 1 is 1.17 bits per heavy atom. The molecule has 2 N–H and O–H groups in total. The molecule has 6 heteroatoms. The minimum atomic E-state index is -0.950. The van der Waals surface area contributed by atoms with Crippen LogP contribution in [0.4, 0.5) is 5.95 Å². The average molecular weight is 247 g/mol. The summed E-state index contributed by atoms with van der Waals surface area (Å²) in [6.07, 6.45) is 7.45. The van der Waals surface area contributed by atoms with Crippen molar-refractivity contribution in [3.63, 3.8) is 0 Å². The molecule has 0 spiro atoms. The fourth-order valence-electron chi connectivity index (χ4n) is 1.94. The summed E-state index contributed by atoms with van der Waals surface area (Å²) in [4.78, 5) is 30.8. The van der Waals surface area contributed by atoms with E-state index in [1.54, 1.807) is 12.1 Å². The van der Waals surface area contributed by atoms with Crippen molar-refractivity contribution in [1.82, 2.24) is 9.97 Å². The van der Waals surface area contributed by atoms with E-state index >= 15 is 0 Å². The highest BCUT2D eigenvalue weighted by molar-refractivity contribution is 5.94. The Balaban J connectivity index is 2.08. The highest BCUT2D eigenvalue weighted by Gasteiger charge is 2.34. The van der Waals surface area contributed by atoms with Crippen molar-refractivity contribution < 1.29 is 14.7 Å². The van der Waals surface area contributed by atoms with Crippen molar-refractivity contribution in [2.45, 2.75) is 12.8 Å². The minimum absolute atomic E-state index is 0.196. The monoisotopic (exact) mass is 247 g/mol. The fourth-order valence-corrected chi connectivity index (χ4v) is 1.94. The van der Waals surface area contributed by atoms with Gasteiger partial charge in [-0.25, -0.2) is 9.97 Å². The second kappa shape index (κ2) is 5.39. The Kier molecular flexibility index (Phi) is 3.66. The number of carbonyl (C=O) groups is 2. The van der Waals surface area contributed by atoms with E-state index in [-0.39, 0.29) is 11.9 Å². The Hall–Kier alpha value is -2.24. The normalized spacial score (nSPS) is 22.4. The summed E-state index contributed by atoms with van der Waals surface area (Å²) in [5.41, 5.74) is 0. The van der Waals surface area contributed by atoms with E-state index in [0.717, 1.165) is 0 Å². The number of amides is 1. The molecule has 0 aliphatic heterocycles. The number of aliphatic carboxylic acids is 1. The van der Waals surface area contributed by atoms with Crippen LogP contribution in [0, 0.1) is 11.8 Å². The largest absolute Gasteiger partial charge is 0.481 e. The van der Waals surface area contributed by atoms with Gasteiger partial charge in [0.2, 0.25) is 11.9 Å². The maximum atomic E-state index is 12.0. The van der Waals surface area contributed by atoms with Gasteiger partial charge in [-0.2, -0.15) is 0 Å². The fraction of sp³-hybridized carbons (Fsp3) is 0.333. The van der Waals surface area contributed by atoms with Crippen LogP contribution in [0.25, 0.3) is 0 Å². The highest BCUT2D eigenvalue weighted by Crippen LogP contribution is 2.26. The van der Waals surface area contributed by atoms with Gasteiger partial charge in [-0.15, -0.1) is 0 Å². The molecule has 1 amide bonds. The molecular weight excluding hydrogens is 234 g/mol. The number of hydrogen-bond acceptors (Lipinski definition) is 4. The van der Waals surface area contributed by atoms with E-state index in [0.29, 0.717) is 12.8 Å². The first-order valence-electron chi connectivity index (χ1n) is 5.64. The molecular formula is C12H13N3O3. The summed E-state index contributed by atoms with van der Waals surface area (Å²) in [6.45, 7) is 0. The molecule has 1 heterocycles. The molecule has 2 atom stereocenters. The summed E-state index contributed by atoms with van der Waals surface area (Å²) in [5.74, 6) is -2.36. The zero-order valence-corrected chi connectivity index (χ0v) is 9.61. The number of carbonyl (C=O) groups excluding carboxylic acids is 1. The maximum Gasteiger partial charge on any atom is 0.307 e. The smallest absolute Gasteiger partial charge is 0.307 e. The number of rotatable bonds is 3. The van der Waals surface area contributed by atoms with Gasteiger partial charge < -0.3 is 5.11 Å². The zero-order valence-electron chi connectivity index (χ0n) is 9.61. The van der Waals surface area contributed by atoms with Gasteiger partial charge in [-0.1, -0.05) is 12.2 Å². The minimum Gasteiger partial charge on any atom is -0.481 e. The number of nitrogens with one attached hydrogen (secondary N) is 1. The summed E-state index contributed by atoms with van der Waals surface area (Å²) in [7, 11) is 0. The molecule has 0 aromatic carbocycles. The number of anilines is 1. The van der Waals surface area contributed by atoms with Crippen LogP contribution in [-0.4, -0.2) is 27.0 Å². The molecule has 0 saturated heterocycles. The van der Waals surface area contributed by atoms with E-state index in [4.69, 9.17) is 5.11 Å². The van der Waals surface area contributed by atoms with Crippen molar-refractivity contribution in [3.05, 3.63) is 30.6 Å². The zero-order chi connectivity index (χ0) is 13.0. The average Bonchev–Trinajstić information content (AvgIpc) is 2.40. The van der Waals surface area contributed by atoms with E-state index in [2.05, 4.69) is 15.3 Å². The molecule has 18 heavy (non-hydrogen) atoms. The van der Waals surface area contributed by atoms with E-state index in [1.165, 1.54) is 12.4 Å². The number of carboxylic acid groups (broad SMARTS) is 1. The van der Waals surface area contributed by atoms with Crippen molar-refractivity contribution in [1.29, 1.82) is 0 Å². The molecule has 1 aliphatic rings. The van der Waals surface area contributed by atoms with Crippen LogP contribution < -0.4 is 5.32 Å². The standard InChI is InChI=1S/C12H13N3O3/c16-10(15-12-13-6-3-7-14-12)8-4-1-2-5-9(8)11(17)18/h1-3,6-9H,4-5H2,(H,17,18)(H,13,14,15,16)/t8-,9+/m1/s1. The summed E-state index contributed by atoms with van der Waals surface area (Å²) >= 11 is 0. The first-order chi connectivity index (χ1) is 8.68. The van der Waals surface area contributed by atoms with Crippen molar-refractivity contribution in [2.24, 2.45) is 11.8 Å². The van der Waals surface area contributed by atoms with Crippen LogP contribution in [0.1, 0.15) is 12.8 Å². The molecule has 6 nitrogen and oxygen atoms in total. The van der Waals surface area contributed by atoms with Gasteiger partial charge in [0.05, 0.1) is 11.8 Å². The topological polar surface area (TPSA) is 92.2 Å². The van der Waals surface area contributed by atoms with Gasteiger partial charge in [-0.3, -0.25) is 14.9 Å². The second-order valence-electron chi connectivity index (χ2n) is 4.06. The molecule has 0 saturated carbocycles. The molecule has 0 radical (unpaired) electrons. The van der Waals surface area contributed by atoms with Crippen molar-refractivity contribution in [2.75, 3.05) is 5.32 Å². The molecule has 0 bridgehead atoms. The third-order valence-electron chi connectivity index (χ3n) is 2.89. The second-order valence-corrected chi connectivity index (χ2v) is 4.06. The Labute approximate surface area is 104 Å². The van der Waals surface area contributed by atoms with E-state index < -0.39 is 17.8 Å². The van der Waals surface area contributed by atoms with Gasteiger partial charge in [0.1, 0.15) is 0 Å². The Morgan fingerprint density at radius 2 is 1.78 bits per heavy atom. The van der Waals surface area contributed by atoms with E-state index in [1.807, 2.05) is 6.08 Å². The third-order valence-corrected chi connectivity index (χ3v) is 2.89. The molecule has 2 rings (SSSR count).